The van der Waals surface area contributed by atoms with E-state index in [1.165, 1.54) is 6.07 Å². The number of benzene rings is 2. The molecule has 2 fully saturated rings. The second-order valence-electron chi connectivity index (χ2n) is 7.77. The van der Waals surface area contributed by atoms with Crippen LogP contribution in [0.2, 0.25) is 0 Å². The molecule has 1 heterocycles. The van der Waals surface area contributed by atoms with Gasteiger partial charge in [-0.15, -0.1) is 0 Å². The van der Waals surface area contributed by atoms with Crippen LogP contribution in [0, 0.1) is 0 Å². The van der Waals surface area contributed by atoms with Crippen LogP contribution in [-0.4, -0.2) is 45.0 Å². The van der Waals surface area contributed by atoms with E-state index in [1.807, 2.05) is 29.2 Å². The van der Waals surface area contributed by atoms with Crippen molar-refractivity contribution in [1.82, 2.24) is 9.62 Å². The Kier molecular flexibility index (Phi) is 5.61. The van der Waals surface area contributed by atoms with Crippen molar-refractivity contribution in [3.8, 4) is 5.75 Å². The lowest BCUT2D eigenvalue weighted by Crippen LogP contribution is -2.37. The molecule has 1 saturated heterocycles. The van der Waals surface area contributed by atoms with Crippen LogP contribution in [0.4, 0.5) is 0 Å². The number of amides is 1. The summed E-state index contributed by atoms with van der Waals surface area (Å²) < 4.78 is 33.0. The summed E-state index contributed by atoms with van der Waals surface area (Å²) in [5.74, 6) is 0.693. The van der Waals surface area contributed by atoms with Gasteiger partial charge in [-0.2, -0.15) is 0 Å². The molecule has 154 valence electrons. The van der Waals surface area contributed by atoms with Gasteiger partial charge in [-0.1, -0.05) is 18.2 Å². The quantitative estimate of drug-likeness (QED) is 0.756. The highest BCUT2D eigenvalue weighted by molar-refractivity contribution is 7.89. The minimum atomic E-state index is -3.58. The van der Waals surface area contributed by atoms with Crippen molar-refractivity contribution in [2.24, 2.45) is 0 Å². The maximum atomic E-state index is 13.2. The van der Waals surface area contributed by atoms with E-state index in [0.717, 1.165) is 43.4 Å². The van der Waals surface area contributed by atoms with Crippen LogP contribution in [0.1, 0.15) is 41.6 Å². The maximum absolute atomic E-state index is 13.2. The third kappa shape index (κ3) is 4.62. The summed E-state index contributed by atoms with van der Waals surface area (Å²) in [6.07, 6.45) is 4.38. The van der Waals surface area contributed by atoms with Gasteiger partial charge in [0.15, 0.2) is 0 Å². The molecule has 0 aromatic heterocycles. The van der Waals surface area contributed by atoms with Crippen molar-refractivity contribution in [1.29, 1.82) is 0 Å². The van der Waals surface area contributed by atoms with Gasteiger partial charge in [0.05, 0.1) is 12.0 Å². The number of sulfonamides is 1. The number of ether oxygens (including phenoxy) is 1. The Morgan fingerprint density at radius 2 is 1.93 bits per heavy atom. The first-order chi connectivity index (χ1) is 14.0. The van der Waals surface area contributed by atoms with Crippen molar-refractivity contribution in [2.45, 2.75) is 49.1 Å². The molecule has 1 N–H and O–H groups in total. The van der Waals surface area contributed by atoms with Gasteiger partial charge in [-0.3, -0.25) is 4.79 Å². The van der Waals surface area contributed by atoms with Crippen LogP contribution < -0.4 is 9.46 Å². The number of rotatable bonds is 7. The second kappa shape index (κ2) is 8.16. The zero-order valence-corrected chi connectivity index (χ0v) is 17.3. The molecule has 1 amide bonds. The molecular formula is C22H26N2O4S. The Balaban J connectivity index is 1.51. The summed E-state index contributed by atoms with van der Waals surface area (Å²) in [5, 5.41) is 0. The van der Waals surface area contributed by atoms with Gasteiger partial charge in [-0.25, -0.2) is 13.1 Å². The molecule has 1 saturated carbocycles. The van der Waals surface area contributed by atoms with Gasteiger partial charge >= 0.3 is 0 Å². The topological polar surface area (TPSA) is 75.7 Å². The van der Waals surface area contributed by atoms with Crippen LogP contribution in [-0.2, 0) is 16.4 Å². The van der Waals surface area contributed by atoms with Crippen LogP contribution >= 0.6 is 0 Å². The molecule has 2 aliphatic rings. The molecule has 1 unspecified atom stereocenters. The number of likely N-dealkylation sites (tertiary alicyclic amines) is 1. The Morgan fingerprint density at radius 1 is 1.14 bits per heavy atom. The van der Waals surface area contributed by atoms with Gasteiger partial charge in [0, 0.05) is 24.2 Å². The zero-order chi connectivity index (χ0) is 20.4. The predicted octanol–water partition coefficient (Wildman–Crippen LogP) is 2.98. The van der Waals surface area contributed by atoms with Crippen molar-refractivity contribution in [3.63, 3.8) is 0 Å². The SMILES string of the molecule is COc1cccc(CC2CCCN2C(=O)c2cccc(S(=O)(=O)NC3CC3)c2)c1. The number of nitrogens with one attached hydrogen (secondary N) is 1. The average Bonchev–Trinajstić information content (AvgIpc) is 3.41. The van der Waals surface area contributed by atoms with Crippen molar-refractivity contribution in [2.75, 3.05) is 13.7 Å². The normalized spacial score (nSPS) is 19.3. The van der Waals surface area contributed by atoms with E-state index < -0.39 is 10.0 Å². The number of nitrogens with zero attached hydrogens (tertiary/aromatic N) is 1. The maximum Gasteiger partial charge on any atom is 0.254 e. The van der Waals surface area contributed by atoms with Crippen LogP contribution in [0.3, 0.4) is 0 Å². The molecule has 1 aliphatic heterocycles. The fourth-order valence-corrected chi connectivity index (χ4v) is 5.19. The van der Waals surface area contributed by atoms with Gasteiger partial charge < -0.3 is 9.64 Å². The van der Waals surface area contributed by atoms with Crippen LogP contribution in [0.25, 0.3) is 0 Å². The largest absolute Gasteiger partial charge is 0.497 e. The van der Waals surface area contributed by atoms with Gasteiger partial charge in [0.2, 0.25) is 10.0 Å². The summed E-state index contributed by atoms with van der Waals surface area (Å²) >= 11 is 0. The van der Waals surface area contributed by atoms with E-state index in [1.54, 1.807) is 25.3 Å². The van der Waals surface area contributed by atoms with E-state index in [0.29, 0.717) is 12.1 Å². The van der Waals surface area contributed by atoms with Gasteiger partial charge in [0.1, 0.15) is 5.75 Å². The highest BCUT2D eigenvalue weighted by atomic mass is 32.2. The van der Waals surface area contributed by atoms with E-state index in [4.69, 9.17) is 4.74 Å². The number of hydrogen-bond acceptors (Lipinski definition) is 4. The number of carbonyl (C=O) groups excluding carboxylic acids is 1. The molecule has 0 bridgehead atoms. The van der Waals surface area contributed by atoms with E-state index >= 15 is 0 Å². The van der Waals surface area contributed by atoms with Crippen LogP contribution in [0.15, 0.2) is 53.4 Å². The lowest BCUT2D eigenvalue weighted by atomic mass is 10.0. The minimum absolute atomic E-state index is 0.0326. The molecule has 1 atom stereocenters. The molecule has 2 aromatic rings. The van der Waals surface area contributed by atoms with E-state index in [9.17, 15) is 13.2 Å². The number of hydrogen-bond donors (Lipinski definition) is 1. The Morgan fingerprint density at radius 3 is 2.69 bits per heavy atom. The minimum Gasteiger partial charge on any atom is -0.497 e. The first kappa shape index (κ1) is 19.9. The summed E-state index contributed by atoms with van der Waals surface area (Å²) in [6, 6.07) is 14.4. The van der Waals surface area contributed by atoms with Gasteiger partial charge in [0.25, 0.3) is 5.91 Å². The third-order valence-corrected chi connectivity index (χ3v) is 7.05. The molecule has 6 nitrogen and oxygen atoms in total. The first-order valence-electron chi connectivity index (χ1n) is 10.0. The second-order valence-corrected chi connectivity index (χ2v) is 9.49. The zero-order valence-electron chi connectivity index (χ0n) is 16.5. The first-order valence-corrected chi connectivity index (χ1v) is 11.5. The summed E-state index contributed by atoms with van der Waals surface area (Å²) in [4.78, 5) is 15.2. The molecule has 2 aromatic carbocycles. The molecule has 4 rings (SSSR count). The highest BCUT2D eigenvalue weighted by Gasteiger charge is 2.31. The molecule has 1 aliphatic carbocycles. The summed E-state index contributed by atoms with van der Waals surface area (Å²) in [5.41, 5.74) is 1.54. The monoisotopic (exact) mass is 414 g/mol. The summed E-state index contributed by atoms with van der Waals surface area (Å²) in [6.45, 7) is 0.685. The molecule has 0 radical (unpaired) electrons. The van der Waals surface area contributed by atoms with Crippen LogP contribution in [0.5, 0.6) is 5.75 Å². The molecule has 29 heavy (non-hydrogen) atoms. The molecular weight excluding hydrogens is 388 g/mol. The lowest BCUT2D eigenvalue weighted by molar-refractivity contribution is 0.0736. The Bertz CT molecular complexity index is 1000. The van der Waals surface area contributed by atoms with Crippen molar-refractivity contribution < 1.29 is 17.9 Å². The highest BCUT2D eigenvalue weighted by Crippen LogP contribution is 2.26. The number of methoxy groups -OCH3 is 1. The molecule has 7 heteroatoms. The predicted molar refractivity (Wildman–Crippen MR) is 111 cm³/mol. The van der Waals surface area contributed by atoms with Crippen molar-refractivity contribution in [3.05, 3.63) is 59.7 Å². The van der Waals surface area contributed by atoms with Crippen molar-refractivity contribution >= 4 is 15.9 Å². The summed E-state index contributed by atoms with van der Waals surface area (Å²) in [7, 11) is -1.94. The van der Waals surface area contributed by atoms with Gasteiger partial charge in [-0.05, 0) is 68.0 Å². The molecule has 0 spiro atoms. The smallest absolute Gasteiger partial charge is 0.254 e. The fourth-order valence-electron chi connectivity index (χ4n) is 3.84. The average molecular weight is 415 g/mol. The Labute approximate surface area is 171 Å². The number of carbonyl (C=O) groups is 1. The lowest BCUT2D eigenvalue weighted by Gasteiger charge is -2.25. The van der Waals surface area contributed by atoms with E-state index in [2.05, 4.69) is 4.72 Å². The van der Waals surface area contributed by atoms with E-state index in [-0.39, 0.29) is 22.9 Å². The Hall–Kier alpha value is -2.38. The fraction of sp³-hybridized carbons (Fsp3) is 0.409. The standard InChI is InChI=1S/C22H26N2O4S/c1-28-20-8-2-5-16(14-20)13-19-7-4-12-24(19)22(25)17-6-3-9-21(15-17)29(26,27)23-18-10-11-18/h2-3,5-6,8-9,14-15,18-19,23H,4,7,10-13H2,1H3. The third-order valence-electron chi connectivity index (χ3n) is 5.53.